The van der Waals surface area contributed by atoms with E-state index in [1.54, 1.807) is 17.0 Å². The van der Waals surface area contributed by atoms with Crippen LogP contribution in [0.5, 0.6) is 0 Å². The largest absolute Gasteiger partial charge is 0.334 e. The Labute approximate surface area is 159 Å². The predicted molar refractivity (Wildman–Crippen MR) is 101 cm³/mol. The van der Waals surface area contributed by atoms with E-state index in [1.807, 2.05) is 12.1 Å². The molecule has 136 valence electrons. The summed E-state index contributed by atoms with van der Waals surface area (Å²) >= 11 is 5.96. The SMILES string of the molecule is O=C(c1ccc([N+](=O)[O-])cc1)N1CCc2[nH]nc(-c3ccc(Cl)cc3)c2C1. The lowest BCUT2D eigenvalue weighted by molar-refractivity contribution is -0.384. The number of carbonyl (C=O) groups is 1. The summed E-state index contributed by atoms with van der Waals surface area (Å²) in [5.74, 6) is -0.154. The van der Waals surface area contributed by atoms with Crippen LogP contribution in [0.2, 0.25) is 5.02 Å². The van der Waals surface area contributed by atoms with E-state index < -0.39 is 4.92 Å². The number of H-pyrrole nitrogens is 1. The van der Waals surface area contributed by atoms with Gasteiger partial charge in [-0.05, 0) is 24.3 Å². The molecular formula is C19H15ClN4O3. The van der Waals surface area contributed by atoms with Crippen LogP contribution in [-0.2, 0) is 13.0 Å². The number of fused-ring (bicyclic) bond motifs is 1. The molecule has 2 heterocycles. The molecule has 27 heavy (non-hydrogen) atoms. The maximum Gasteiger partial charge on any atom is 0.269 e. The van der Waals surface area contributed by atoms with E-state index in [4.69, 9.17) is 11.6 Å². The van der Waals surface area contributed by atoms with Crippen molar-refractivity contribution in [1.29, 1.82) is 0 Å². The van der Waals surface area contributed by atoms with Crippen molar-refractivity contribution in [2.24, 2.45) is 0 Å². The Bertz CT molecular complexity index is 1010. The second kappa shape index (κ2) is 6.85. The van der Waals surface area contributed by atoms with Crippen molar-refractivity contribution in [3.05, 3.63) is 80.5 Å². The molecule has 2 aromatic carbocycles. The number of aromatic nitrogens is 2. The van der Waals surface area contributed by atoms with Gasteiger partial charge in [-0.3, -0.25) is 20.0 Å². The van der Waals surface area contributed by atoms with Gasteiger partial charge in [-0.1, -0.05) is 23.7 Å². The van der Waals surface area contributed by atoms with Crippen molar-refractivity contribution in [2.75, 3.05) is 6.54 Å². The number of halogens is 1. The molecule has 3 aromatic rings. The van der Waals surface area contributed by atoms with Crippen molar-refractivity contribution in [1.82, 2.24) is 15.1 Å². The van der Waals surface area contributed by atoms with Crippen LogP contribution in [0.15, 0.2) is 48.5 Å². The molecule has 0 bridgehead atoms. The van der Waals surface area contributed by atoms with Gasteiger partial charge in [0.15, 0.2) is 0 Å². The molecule has 7 nitrogen and oxygen atoms in total. The van der Waals surface area contributed by atoms with Crippen molar-refractivity contribution >= 4 is 23.2 Å². The maximum atomic E-state index is 12.8. The number of nitrogens with zero attached hydrogens (tertiary/aromatic N) is 3. The van der Waals surface area contributed by atoms with Crippen molar-refractivity contribution < 1.29 is 9.72 Å². The number of nitro groups is 1. The van der Waals surface area contributed by atoms with Gasteiger partial charge in [0.05, 0.1) is 10.6 Å². The predicted octanol–water partition coefficient (Wildman–Crippen LogP) is 3.84. The molecule has 0 fully saturated rings. The number of carbonyl (C=O) groups excluding carboxylic acids is 1. The fraction of sp³-hybridized carbons (Fsp3) is 0.158. The molecule has 0 unspecified atom stereocenters. The summed E-state index contributed by atoms with van der Waals surface area (Å²) in [4.78, 5) is 24.8. The van der Waals surface area contributed by atoms with Gasteiger partial charge in [0.1, 0.15) is 0 Å². The molecule has 0 saturated carbocycles. The maximum absolute atomic E-state index is 12.8. The van der Waals surface area contributed by atoms with Crippen LogP contribution in [-0.4, -0.2) is 32.5 Å². The number of amides is 1. The number of benzene rings is 2. The van der Waals surface area contributed by atoms with Crippen LogP contribution < -0.4 is 0 Å². The number of hydrogen-bond acceptors (Lipinski definition) is 4. The summed E-state index contributed by atoms with van der Waals surface area (Å²) in [7, 11) is 0. The Hall–Kier alpha value is -3.19. The quantitative estimate of drug-likeness (QED) is 0.550. The molecule has 8 heteroatoms. The molecule has 1 aliphatic heterocycles. The molecule has 4 rings (SSSR count). The van der Waals surface area contributed by atoms with Gasteiger partial charge >= 0.3 is 0 Å². The Morgan fingerprint density at radius 2 is 1.85 bits per heavy atom. The molecule has 1 aliphatic rings. The molecule has 1 amide bonds. The molecule has 0 aliphatic carbocycles. The van der Waals surface area contributed by atoms with Crippen LogP contribution in [0.3, 0.4) is 0 Å². The lowest BCUT2D eigenvalue weighted by Crippen LogP contribution is -2.35. The van der Waals surface area contributed by atoms with Crippen LogP contribution in [0.25, 0.3) is 11.3 Å². The molecule has 0 spiro atoms. The average molecular weight is 383 g/mol. The highest BCUT2D eigenvalue weighted by atomic mass is 35.5. The normalized spacial score (nSPS) is 13.3. The fourth-order valence-electron chi connectivity index (χ4n) is 3.22. The summed E-state index contributed by atoms with van der Waals surface area (Å²) in [6, 6.07) is 13.1. The Kier molecular flexibility index (Phi) is 4.37. The monoisotopic (exact) mass is 382 g/mol. The summed E-state index contributed by atoms with van der Waals surface area (Å²) in [6.45, 7) is 0.991. The van der Waals surface area contributed by atoms with E-state index in [-0.39, 0.29) is 11.6 Å². The third-order valence-electron chi connectivity index (χ3n) is 4.66. The Balaban J connectivity index is 1.59. The molecule has 1 N–H and O–H groups in total. The number of hydrogen-bond donors (Lipinski definition) is 1. The first-order valence-corrected chi connectivity index (χ1v) is 8.76. The van der Waals surface area contributed by atoms with E-state index in [2.05, 4.69) is 10.2 Å². The standard InChI is InChI=1S/C19H15ClN4O3/c20-14-5-1-12(2-6-14)18-16-11-23(10-9-17(16)21-22-18)19(25)13-3-7-15(8-4-13)24(26)27/h1-8H,9-11H2,(H,21,22). The highest BCUT2D eigenvalue weighted by Crippen LogP contribution is 2.29. The minimum Gasteiger partial charge on any atom is -0.334 e. The summed E-state index contributed by atoms with van der Waals surface area (Å²) < 4.78 is 0. The van der Waals surface area contributed by atoms with E-state index in [0.717, 1.165) is 22.5 Å². The lowest BCUT2D eigenvalue weighted by atomic mass is 10.0. The Morgan fingerprint density at radius 1 is 1.15 bits per heavy atom. The number of rotatable bonds is 3. The molecule has 0 atom stereocenters. The molecule has 0 radical (unpaired) electrons. The number of non-ortho nitro benzene ring substituents is 1. The minimum absolute atomic E-state index is 0.0349. The molecular weight excluding hydrogens is 368 g/mol. The second-order valence-corrected chi connectivity index (χ2v) is 6.75. The van der Waals surface area contributed by atoms with E-state index in [9.17, 15) is 14.9 Å². The number of nitro benzene ring substituents is 1. The smallest absolute Gasteiger partial charge is 0.269 e. The molecule has 0 saturated heterocycles. The number of nitrogens with one attached hydrogen (secondary N) is 1. The van der Waals surface area contributed by atoms with Crippen LogP contribution >= 0.6 is 11.6 Å². The average Bonchev–Trinajstić information content (AvgIpc) is 3.11. The van der Waals surface area contributed by atoms with Crippen LogP contribution in [0, 0.1) is 10.1 Å². The van der Waals surface area contributed by atoms with Crippen LogP contribution in [0.4, 0.5) is 5.69 Å². The van der Waals surface area contributed by atoms with Crippen LogP contribution in [0.1, 0.15) is 21.6 Å². The van der Waals surface area contributed by atoms with Crippen molar-refractivity contribution in [3.63, 3.8) is 0 Å². The van der Waals surface area contributed by atoms with Gasteiger partial charge in [-0.25, -0.2) is 0 Å². The van der Waals surface area contributed by atoms with Gasteiger partial charge in [0.2, 0.25) is 0 Å². The van der Waals surface area contributed by atoms with E-state index in [1.165, 1.54) is 24.3 Å². The Morgan fingerprint density at radius 3 is 2.52 bits per heavy atom. The van der Waals surface area contributed by atoms with Crippen molar-refractivity contribution in [3.8, 4) is 11.3 Å². The van der Waals surface area contributed by atoms with Gasteiger partial charge in [-0.15, -0.1) is 0 Å². The first-order chi connectivity index (χ1) is 13.0. The number of aromatic amines is 1. The summed E-state index contributed by atoms with van der Waals surface area (Å²) in [5.41, 5.74) is 4.14. The second-order valence-electron chi connectivity index (χ2n) is 6.32. The highest BCUT2D eigenvalue weighted by molar-refractivity contribution is 6.30. The van der Waals surface area contributed by atoms with Gasteiger partial charge in [-0.2, -0.15) is 5.10 Å². The van der Waals surface area contributed by atoms with Gasteiger partial charge in [0.25, 0.3) is 11.6 Å². The van der Waals surface area contributed by atoms with E-state index in [0.29, 0.717) is 30.1 Å². The first kappa shape index (κ1) is 17.2. The van der Waals surface area contributed by atoms with Crippen molar-refractivity contribution in [2.45, 2.75) is 13.0 Å². The third kappa shape index (κ3) is 3.29. The lowest BCUT2D eigenvalue weighted by Gasteiger charge is -2.27. The minimum atomic E-state index is -0.481. The fourth-order valence-corrected chi connectivity index (χ4v) is 3.35. The first-order valence-electron chi connectivity index (χ1n) is 8.38. The van der Waals surface area contributed by atoms with Gasteiger partial charge < -0.3 is 4.90 Å². The van der Waals surface area contributed by atoms with E-state index >= 15 is 0 Å². The topological polar surface area (TPSA) is 92.1 Å². The highest BCUT2D eigenvalue weighted by Gasteiger charge is 2.26. The zero-order valence-electron chi connectivity index (χ0n) is 14.2. The zero-order chi connectivity index (χ0) is 19.0. The summed E-state index contributed by atoms with van der Waals surface area (Å²) in [6.07, 6.45) is 0.675. The molecule has 1 aromatic heterocycles. The van der Waals surface area contributed by atoms with Gasteiger partial charge in [0, 0.05) is 59.0 Å². The summed E-state index contributed by atoms with van der Waals surface area (Å²) in [5, 5.41) is 18.9. The third-order valence-corrected chi connectivity index (χ3v) is 4.92. The zero-order valence-corrected chi connectivity index (χ0v) is 14.9.